The smallest absolute Gasteiger partial charge is 0.236 e. The molecule has 0 N–H and O–H groups in total. The fourth-order valence-electron chi connectivity index (χ4n) is 3.83. The van der Waals surface area contributed by atoms with Gasteiger partial charge in [0.1, 0.15) is 5.75 Å². The quantitative estimate of drug-likeness (QED) is 0.728. The third kappa shape index (κ3) is 5.44. The molecule has 2 aliphatic heterocycles. The van der Waals surface area contributed by atoms with E-state index in [9.17, 15) is 4.79 Å². The highest BCUT2D eigenvalue weighted by Gasteiger charge is 2.23. The molecular formula is C20H30BrN3O2. The lowest BCUT2D eigenvalue weighted by Gasteiger charge is -2.35. The molecule has 6 heteroatoms. The highest BCUT2D eigenvalue weighted by Crippen LogP contribution is 2.24. The van der Waals surface area contributed by atoms with Gasteiger partial charge in [-0.3, -0.25) is 14.6 Å². The van der Waals surface area contributed by atoms with Gasteiger partial charge in [-0.15, -0.1) is 0 Å². The number of hydrogen-bond donors (Lipinski definition) is 0. The third-order valence-electron chi connectivity index (χ3n) is 5.42. The Kier molecular flexibility index (Phi) is 7.34. The fraction of sp³-hybridized carbons (Fsp3) is 0.650. The maximum Gasteiger partial charge on any atom is 0.236 e. The lowest BCUT2D eigenvalue weighted by molar-refractivity contribution is -0.132. The number of likely N-dealkylation sites (tertiary alicyclic amines) is 1. The summed E-state index contributed by atoms with van der Waals surface area (Å²) in [6.07, 6.45) is 4.85. The Morgan fingerprint density at radius 3 is 2.31 bits per heavy atom. The van der Waals surface area contributed by atoms with Crippen molar-refractivity contribution in [1.82, 2.24) is 14.7 Å². The fourth-order valence-corrected chi connectivity index (χ4v) is 4.24. The summed E-state index contributed by atoms with van der Waals surface area (Å²) in [6.45, 7) is 7.24. The van der Waals surface area contributed by atoms with Crippen LogP contribution in [0.4, 0.5) is 0 Å². The van der Waals surface area contributed by atoms with Crippen LogP contribution in [0.5, 0.6) is 5.75 Å². The van der Waals surface area contributed by atoms with E-state index in [1.165, 1.54) is 18.4 Å². The van der Waals surface area contributed by atoms with Crippen molar-refractivity contribution in [2.75, 3.05) is 52.9 Å². The normalized spacial score (nSPS) is 20.0. The minimum Gasteiger partial charge on any atom is -0.496 e. The zero-order chi connectivity index (χ0) is 18.4. The van der Waals surface area contributed by atoms with Crippen LogP contribution < -0.4 is 4.74 Å². The van der Waals surface area contributed by atoms with Gasteiger partial charge in [0.25, 0.3) is 0 Å². The van der Waals surface area contributed by atoms with Crippen molar-refractivity contribution in [3.63, 3.8) is 0 Å². The van der Waals surface area contributed by atoms with Gasteiger partial charge < -0.3 is 9.64 Å². The van der Waals surface area contributed by atoms with Gasteiger partial charge in [-0.1, -0.05) is 28.8 Å². The number of carbonyl (C=O) groups excluding carboxylic acids is 1. The zero-order valence-corrected chi connectivity index (χ0v) is 17.3. The molecule has 0 aliphatic carbocycles. The zero-order valence-electron chi connectivity index (χ0n) is 15.8. The number of rotatable bonds is 5. The molecule has 2 aliphatic rings. The van der Waals surface area contributed by atoms with E-state index in [1.54, 1.807) is 7.11 Å². The molecule has 3 rings (SSSR count). The first kappa shape index (κ1) is 19.6. The molecule has 2 saturated heterocycles. The van der Waals surface area contributed by atoms with E-state index in [4.69, 9.17) is 4.74 Å². The Bertz CT molecular complexity index is 595. The number of carbonyl (C=O) groups is 1. The second-order valence-electron chi connectivity index (χ2n) is 7.30. The molecule has 0 radical (unpaired) electrons. The molecule has 1 aromatic carbocycles. The van der Waals surface area contributed by atoms with Crippen LogP contribution in [0, 0.1) is 0 Å². The first-order valence-corrected chi connectivity index (χ1v) is 10.5. The number of hydrogen-bond acceptors (Lipinski definition) is 4. The van der Waals surface area contributed by atoms with Crippen LogP contribution in [0.15, 0.2) is 22.7 Å². The molecule has 0 aromatic heterocycles. The molecule has 1 amide bonds. The monoisotopic (exact) mass is 423 g/mol. The number of halogens is 1. The molecule has 0 atom stereocenters. The third-order valence-corrected chi connectivity index (χ3v) is 5.91. The van der Waals surface area contributed by atoms with Crippen LogP contribution in [0.3, 0.4) is 0 Å². The maximum atomic E-state index is 12.6. The molecule has 2 fully saturated rings. The van der Waals surface area contributed by atoms with Crippen molar-refractivity contribution < 1.29 is 9.53 Å². The van der Waals surface area contributed by atoms with Crippen LogP contribution >= 0.6 is 15.9 Å². The second-order valence-corrected chi connectivity index (χ2v) is 8.22. The molecule has 2 heterocycles. The number of piperazine rings is 1. The van der Waals surface area contributed by atoms with Crippen molar-refractivity contribution in [1.29, 1.82) is 0 Å². The number of nitrogens with zero attached hydrogens (tertiary/aromatic N) is 3. The summed E-state index contributed by atoms with van der Waals surface area (Å²) in [4.78, 5) is 19.4. The molecule has 5 nitrogen and oxygen atoms in total. The minimum absolute atomic E-state index is 0.314. The van der Waals surface area contributed by atoms with Crippen LogP contribution in [0.25, 0.3) is 0 Å². The Labute approximate surface area is 165 Å². The van der Waals surface area contributed by atoms with Crippen molar-refractivity contribution in [2.24, 2.45) is 0 Å². The van der Waals surface area contributed by atoms with E-state index in [2.05, 4.69) is 36.7 Å². The predicted molar refractivity (Wildman–Crippen MR) is 107 cm³/mol. The Morgan fingerprint density at radius 2 is 1.65 bits per heavy atom. The molecule has 1 aromatic rings. The highest BCUT2D eigenvalue weighted by atomic mass is 79.9. The van der Waals surface area contributed by atoms with E-state index in [-0.39, 0.29) is 0 Å². The molecular weight excluding hydrogens is 394 g/mol. The number of ether oxygens (including phenoxy) is 1. The first-order valence-electron chi connectivity index (χ1n) is 9.70. The van der Waals surface area contributed by atoms with Crippen LogP contribution in [-0.2, 0) is 11.3 Å². The number of benzene rings is 1. The van der Waals surface area contributed by atoms with Crippen molar-refractivity contribution in [2.45, 2.75) is 32.2 Å². The minimum atomic E-state index is 0.314. The van der Waals surface area contributed by atoms with Gasteiger partial charge in [-0.05, 0) is 31.0 Å². The lowest BCUT2D eigenvalue weighted by atomic mass is 10.1. The summed E-state index contributed by atoms with van der Waals surface area (Å²) in [5.74, 6) is 1.25. The topological polar surface area (TPSA) is 36.0 Å². The van der Waals surface area contributed by atoms with E-state index < -0.39 is 0 Å². The van der Waals surface area contributed by atoms with Crippen molar-refractivity contribution >= 4 is 21.8 Å². The van der Waals surface area contributed by atoms with Crippen molar-refractivity contribution in [3.05, 3.63) is 28.2 Å². The van der Waals surface area contributed by atoms with E-state index in [1.807, 2.05) is 12.1 Å². The second kappa shape index (κ2) is 9.72. The van der Waals surface area contributed by atoms with Gasteiger partial charge in [-0.25, -0.2) is 0 Å². The average molecular weight is 424 g/mol. The van der Waals surface area contributed by atoms with Gasteiger partial charge in [0.05, 0.1) is 13.7 Å². The standard InChI is InChI=1S/C20H30BrN3O2/c1-26-19-7-6-18(21)14-17(19)15-22-10-12-23(13-11-22)16-20(25)24-8-4-2-3-5-9-24/h6-7,14H,2-5,8-13,15-16H2,1H3. The maximum absolute atomic E-state index is 12.6. The molecule has 26 heavy (non-hydrogen) atoms. The van der Waals surface area contributed by atoms with Gasteiger partial charge in [0, 0.05) is 55.8 Å². The Hall–Kier alpha value is -1.11. The molecule has 0 bridgehead atoms. The van der Waals surface area contributed by atoms with E-state index in [0.29, 0.717) is 12.5 Å². The lowest BCUT2D eigenvalue weighted by Crippen LogP contribution is -2.49. The molecule has 0 saturated carbocycles. The van der Waals surface area contributed by atoms with Crippen molar-refractivity contribution in [3.8, 4) is 5.75 Å². The van der Waals surface area contributed by atoms with E-state index >= 15 is 0 Å². The molecule has 144 valence electrons. The van der Waals surface area contributed by atoms with Crippen LogP contribution in [0.2, 0.25) is 0 Å². The number of methoxy groups -OCH3 is 1. The van der Waals surface area contributed by atoms with Gasteiger partial charge >= 0.3 is 0 Å². The number of amides is 1. The average Bonchev–Trinajstić information content (AvgIpc) is 2.93. The van der Waals surface area contributed by atoms with Gasteiger partial charge in [0.2, 0.25) is 5.91 Å². The SMILES string of the molecule is COc1ccc(Br)cc1CN1CCN(CC(=O)N2CCCCCC2)CC1. The first-order chi connectivity index (χ1) is 12.7. The molecule has 0 unspecified atom stereocenters. The van der Waals surface area contributed by atoms with Gasteiger partial charge in [-0.2, -0.15) is 0 Å². The summed E-state index contributed by atoms with van der Waals surface area (Å²) < 4.78 is 6.56. The summed E-state index contributed by atoms with van der Waals surface area (Å²) >= 11 is 3.55. The Balaban J connectivity index is 1.47. The largest absolute Gasteiger partial charge is 0.496 e. The Morgan fingerprint density at radius 1 is 1.00 bits per heavy atom. The summed E-state index contributed by atoms with van der Waals surface area (Å²) in [5, 5.41) is 0. The summed E-state index contributed by atoms with van der Waals surface area (Å²) in [5.41, 5.74) is 1.20. The predicted octanol–water partition coefficient (Wildman–Crippen LogP) is 2.98. The van der Waals surface area contributed by atoms with Gasteiger partial charge in [0.15, 0.2) is 0 Å². The summed E-state index contributed by atoms with van der Waals surface area (Å²) in [6, 6.07) is 6.15. The summed E-state index contributed by atoms with van der Waals surface area (Å²) in [7, 11) is 1.72. The van der Waals surface area contributed by atoms with Crippen LogP contribution in [0.1, 0.15) is 31.2 Å². The van der Waals surface area contributed by atoms with E-state index in [0.717, 1.165) is 68.9 Å². The molecule has 0 spiro atoms. The van der Waals surface area contributed by atoms with Crippen LogP contribution in [-0.4, -0.2) is 73.5 Å². The highest BCUT2D eigenvalue weighted by molar-refractivity contribution is 9.10.